The number of sulfonamides is 1. The molecule has 214 valence electrons. The van der Waals surface area contributed by atoms with Gasteiger partial charge in [0.05, 0.1) is 24.8 Å². The number of ether oxygens (including phenoxy) is 2. The summed E-state index contributed by atoms with van der Waals surface area (Å²) in [4.78, 5) is 28.0. The first-order chi connectivity index (χ1) is 19.0. The number of amides is 2. The van der Waals surface area contributed by atoms with Crippen LogP contribution in [0.4, 0.5) is 10.1 Å². The van der Waals surface area contributed by atoms with Crippen LogP contribution in [0.1, 0.15) is 24.5 Å². The molecule has 3 aromatic carbocycles. The molecule has 0 bridgehead atoms. The summed E-state index contributed by atoms with van der Waals surface area (Å²) in [5.74, 6) is -0.809. The Morgan fingerprint density at radius 2 is 1.57 bits per heavy atom. The van der Waals surface area contributed by atoms with E-state index in [0.717, 1.165) is 9.87 Å². The van der Waals surface area contributed by atoms with E-state index in [1.165, 1.54) is 74.7 Å². The topological polar surface area (TPSA) is 105 Å². The number of nitrogens with zero attached hydrogens (tertiary/aromatic N) is 2. The lowest BCUT2D eigenvalue weighted by atomic mass is 10.1. The molecule has 1 atom stereocenters. The summed E-state index contributed by atoms with van der Waals surface area (Å²) in [6.45, 7) is 2.94. The van der Waals surface area contributed by atoms with Crippen LogP contribution >= 0.6 is 0 Å². The molecule has 40 heavy (non-hydrogen) atoms. The van der Waals surface area contributed by atoms with Gasteiger partial charge in [-0.25, -0.2) is 12.8 Å². The Hall–Kier alpha value is -4.12. The van der Waals surface area contributed by atoms with Crippen LogP contribution in [0.2, 0.25) is 0 Å². The van der Waals surface area contributed by atoms with E-state index >= 15 is 0 Å². The second-order valence-electron chi connectivity index (χ2n) is 9.05. The molecular weight excluding hydrogens is 537 g/mol. The Kier molecular flexibility index (Phi) is 10.1. The molecule has 0 saturated heterocycles. The number of nitrogens with one attached hydrogen (secondary N) is 1. The first-order valence-electron chi connectivity index (χ1n) is 12.6. The van der Waals surface area contributed by atoms with E-state index in [0.29, 0.717) is 11.3 Å². The molecule has 1 unspecified atom stereocenters. The Morgan fingerprint density at radius 3 is 2.12 bits per heavy atom. The van der Waals surface area contributed by atoms with Gasteiger partial charge in [0.2, 0.25) is 11.8 Å². The standard InChI is InChI=1S/C29H34FN3O6S/c1-6-25(29(35)31-3)32(18-21-9-11-22(30)12-10-21)28(34)19-33(23-13-16-26(38-4)27(17-23)39-5)40(36,37)24-14-7-20(2)8-15-24/h7-17,25H,6,18-19H2,1-5H3,(H,31,35). The van der Waals surface area contributed by atoms with Crippen molar-refractivity contribution in [2.75, 3.05) is 32.1 Å². The maximum atomic E-state index is 13.9. The summed E-state index contributed by atoms with van der Waals surface area (Å²) in [6, 6.07) is 15.5. The van der Waals surface area contributed by atoms with E-state index < -0.39 is 40.2 Å². The molecule has 0 fully saturated rings. The predicted octanol–water partition coefficient (Wildman–Crippen LogP) is 3.90. The summed E-state index contributed by atoms with van der Waals surface area (Å²) in [5, 5.41) is 2.57. The average molecular weight is 572 g/mol. The van der Waals surface area contributed by atoms with Gasteiger partial charge in [0.1, 0.15) is 18.4 Å². The van der Waals surface area contributed by atoms with Crippen molar-refractivity contribution in [1.82, 2.24) is 10.2 Å². The van der Waals surface area contributed by atoms with Crippen LogP contribution in [0.25, 0.3) is 0 Å². The number of carbonyl (C=O) groups is 2. The van der Waals surface area contributed by atoms with Crippen LogP contribution in [-0.2, 0) is 26.2 Å². The van der Waals surface area contributed by atoms with Gasteiger partial charge in [0, 0.05) is 19.7 Å². The van der Waals surface area contributed by atoms with Gasteiger partial charge in [-0.3, -0.25) is 13.9 Å². The first kappa shape index (κ1) is 30.4. The van der Waals surface area contributed by atoms with Crippen molar-refractivity contribution in [2.24, 2.45) is 0 Å². The van der Waals surface area contributed by atoms with Crippen molar-refractivity contribution in [1.29, 1.82) is 0 Å². The Balaban J connectivity index is 2.11. The summed E-state index contributed by atoms with van der Waals surface area (Å²) in [7, 11) is 0.0993. The maximum absolute atomic E-state index is 13.9. The summed E-state index contributed by atoms with van der Waals surface area (Å²) >= 11 is 0. The molecule has 0 aromatic heterocycles. The van der Waals surface area contributed by atoms with E-state index in [1.807, 2.05) is 6.92 Å². The van der Waals surface area contributed by atoms with Crippen LogP contribution in [0.15, 0.2) is 71.6 Å². The molecule has 11 heteroatoms. The highest BCUT2D eigenvalue weighted by atomic mass is 32.2. The normalized spacial score (nSPS) is 11.8. The number of likely N-dealkylation sites (N-methyl/N-ethyl adjacent to an activating group) is 1. The number of benzene rings is 3. The fourth-order valence-electron chi connectivity index (χ4n) is 4.22. The van der Waals surface area contributed by atoms with Crippen molar-refractivity contribution in [2.45, 2.75) is 37.8 Å². The fraction of sp³-hybridized carbons (Fsp3) is 0.310. The summed E-state index contributed by atoms with van der Waals surface area (Å²) < 4.78 is 53.1. The fourth-order valence-corrected chi connectivity index (χ4v) is 5.62. The van der Waals surface area contributed by atoms with Crippen LogP contribution in [0.5, 0.6) is 11.5 Å². The van der Waals surface area contributed by atoms with E-state index in [4.69, 9.17) is 9.47 Å². The van der Waals surface area contributed by atoms with Crippen molar-refractivity contribution in [3.05, 3.63) is 83.7 Å². The van der Waals surface area contributed by atoms with Gasteiger partial charge in [-0.2, -0.15) is 0 Å². The van der Waals surface area contributed by atoms with E-state index in [2.05, 4.69) is 5.32 Å². The second kappa shape index (κ2) is 13.3. The van der Waals surface area contributed by atoms with Gasteiger partial charge in [0.25, 0.3) is 10.0 Å². The number of methoxy groups -OCH3 is 2. The lowest BCUT2D eigenvalue weighted by molar-refractivity contribution is -0.140. The number of aryl methyl sites for hydroxylation is 1. The monoisotopic (exact) mass is 571 g/mol. The third-order valence-electron chi connectivity index (χ3n) is 6.44. The quantitative estimate of drug-likeness (QED) is 0.354. The molecule has 0 aliphatic rings. The second-order valence-corrected chi connectivity index (χ2v) is 10.9. The van der Waals surface area contributed by atoms with Gasteiger partial charge >= 0.3 is 0 Å². The lowest BCUT2D eigenvalue weighted by Crippen LogP contribution is -2.51. The van der Waals surface area contributed by atoms with E-state index in [1.54, 1.807) is 25.1 Å². The van der Waals surface area contributed by atoms with Gasteiger partial charge in [-0.1, -0.05) is 36.8 Å². The molecule has 2 amide bonds. The smallest absolute Gasteiger partial charge is 0.264 e. The third kappa shape index (κ3) is 6.90. The zero-order valence-corrected chi connectivity index (χ0v) is 24.0. The molecule has 3 rings (SSSR count). The lowest BCUT2D eigenvalue weighted by Gasteiger charge is -2.33. The van der Waals surface area contributed by atoms with Crippen LogP contribution < -0.4 is 19.1 Å². The first-order valence-corrected chi connectivity index (χ1v) is 14.1. The molecule has 0 spiro atoms. The number of rotatable bonds is 12. The van der Waals surface area contributed by atoms with Crippen LogP contribution in [0, 0.1) is 12.7 Å². The average Bonchev–Trinajstić information content (AvgIpc) is 2.96. The zero-order chi connectivity index (χ0) is 29.4. The number of hydrogen-bond acceptors (Lipinski definition) is 6. The number of carbonyl (C=O) groups excluding carboxylic acids is 2. The van der Waals surface area contributed by atoms with Gasteiger partial charge in [-0.05, 0) is 55.3 Å². The van der Waals surface area contributed by atoms with E-state index in [9.17, 15) is 22.4 Å². The number of halogens is 1. The Labute approximate surface area is 234 Å². The maximum Gasteiger partial charge on any atom is 0.264 e. The van der Waals surface area contributed by atoms with Gasteiger partial charge in [-0.15, -0.1) is 0 Å². The Bertz CT molecular complexity index is 1430. The molecule has 0 aliphatic carbocycles. The Morgan fingerprint density at radius 1 is 0.950 bits per heavy atom. The third-order valence-corrected chi connectivity index (χ3v) is 8.23. The van der Waals surface area contributed by atoms with Crippen molar-refractivity contribution in [3.63, 3.8) is 0 Å². The van der Waals surface area contributed by atoms with Gasteiger partial charge in [0.15, 0.2) is 11.5 Å². The minimum absolute atomic E-state index is 0.0101. The molecule has 0 heterocycles. The molecule has 0 aliphatic heterocycles. The summed E-state index contributed by atoms with van der Waals surface area (Å²) in [6.07, 6.45) is 0.272. The summed E-state index contributed by atoms with van der Waals surface area (Å²) in [5.41, 5.74) is 1.62. The molecule has 0 saturated carbocycles. The molecular formula is C29H34FN3O6S. The SMILES string of the molecule is CCC(C(=O)NC)N(Cc1ccc(F)cc1)C(=O)CN(c1ccc(OC)c(OC)c1)S(=O)(=O)c1ccc(C)cc1. The van der Waals surface area contributed by atoms with Crippen LogP contribution in [-0.4, -0.2) is 59.0 Å². The largest absolute Gasteiger partial charge is 0.493 e. The molecule has 1 N–H and O–H groups in total. The minimum atomic E-state index is -4.24. The van der Waals surface area contributed by atoms with Crippen molar-refractivity contribution < 1.29 is 31.9 Å². The highest BCUT2D eigenvalue weighted by Crippen LogP contribution is 2.34. The van der Waals surface area contributed by atoms with Crippen LogP contribution in [0.3, 0.4) is 0 Å². The minimum Gasteiger partial charge on any atom is -0.493 e. The molecule has 9 nitrogen and oxygen atoms in total. The van der Waals surface area contributed by atoms with Gasteiger partial charge < -0.3 is 19.7 Å². The number of hydrogen-bond donors (Lipinski definition) is 1. The molecule has 0 radical (unpaired) electrons. The van der Waals surface area contributed by atoms with Crippen molar-refractivity contribution >= 4 is 27.5 Å². The van der Waals surface area contributed by atoms with Crippen molar-refractivity contribution in [3.8, 4) is 11.5 Å². The highest BCUT2D eigenvalue weighted by molar-refractivity contribution is 7.92. The highest BCUT2D eigenvalue weighted by Gasteiger charge is 2.33. The predicted molar refractivity (Wildman–Crippen MR) is 150 cm³/mol. The molecule has 3 aromatic rings. The van der Waals surface area contributed by atoms with E-state index in [-0.39, 0.29) is 29.3 Å². The number of anilines is 1. The zero-order valence-electron chi connectivity index (χ0n) is 23.2.